The molecule has 0 aliphatic rings. The van der Waals surface area contributed by atoms with E-state index in [9.17, 15) is 0 Å². The lowest BCUT2D eigenvalue weighted by Gasteiger charge is -2.04. The van der Waals surface area contributed by atoms with Gasteiger partial charge in [-0.3, -0.25) is 0 Å². The SMILES string of the molecule is CC(C=CCC(C)CO)CCO. The molecule has 2 N–H and O–H groups in total. The van der Waals surface area contributed by atoms with Crippen LogP contribution in [0.4, 0.5) is 0 Å². The molecule has 0 aliphatic carbocycles. The maximum absolute atomic E-state index is 8.73. The Morgan fingerprint density at radius 2 is 1.92 bits per heavy atom. The van der Waals surface area contributed by atoms with Crippen molar-refractivity contribution in [2.45, 2.75) is 26.7 Å². The van der Waals surface area contributed by atoms with Crippen LogP contribution in [-0.4, -0.2) is 23.4 Å². The molecule has 0 aromatic heterocycles. The normalized spacial score (nSPS) is 16.7. The van der Waals surface area contributed by atoms with Crippen molar-refractivity contribution in [1.82, 2.24) is 0 Å². The van der Waals surface area contributed by atoms with Gasteiger partial charge in [-0.1, -0.05) is 26.0 Å². The van der Waals surface area contributed by atoms with E-state index in [4.69, 9.17) is 10.2 Å². The van der Waals surface area contributed by atoms with Gasteiger partial charge < -0.3 is 10.2 Å². The quantitative estimate of drug-likeness (QED) is 0.597. The van der Waals surface area contributed by atoms with Crippen LogP contribution in [0.15, 0.2) is 12.2 Å². The Morgan fingerprint density at radius 3 is 2.42 bits per heavy atom. The summed E-state index contributed by atoms with van der Waals surface area (Å²) < 4.78 is 0. The predicted molar refractivity (Wildman–Crippen MR) is 50.9 cm³/mol. The summed E-state index contributed by atoms with van der Waals surface area (Å²) >= 11 is 0. The van der Waals surface area contributed by atoms with E-state index in [-0.39, 0.29) is 13.2 Å². The Kier molecular flexibility index (Phi) is 7.11. The minimum absolute atomic E-state index is 0.249. The van der Waals surface area contributed by atoms with Gasteiger partial charge in [0.25, 0.3) is 0 Å². The topological polar surface area (TPSA) is 40.5 Å². The highest BCUT2D eigenvalue weighted by Gasteiger charge is 1.97. The molecule has 2 atom stereocenters. The first-order valence-electron chi connectivity index (χ1n) is 4.59. The standard InChI is InChI=1S/C10H20O2/c1-9(6-7-11)4-3-5-10(2)8-12/h3-4,9-12H,5-8H2,1-2H3. The van der Waals surface area contributed by atoms with Crippen LogP contribution in [0.25, 0.3) is 0 Å². The van der Waals surface area contributed by atoms with Crippen molar-refractivity contribution in [1.29, 1.82) is 0 Å². The zero-order chi connectivity index (χ0) is 9.40. The maximum atomic E-state index is 8.73. The van der Waals surface area contributed by atoms with Gasteiger partial charge in [-0.05, 0) is 24.7 Å². The second-order valence-electron chi connectivity index (χ2n) is 3.44. The second kappa shape index (κ2) is 7.32. The summed E-state index contributed by atoms with van der Waals surface area (Å²) in [6, 6.07) is 0. The summed E-state index contributed by atoms with van der Waals surface area (Å²) in [5.41, 5.74) is 0. The molecule has 0 amide bonds. The van der Waals surface area contributed by atoms with Crippen molar-refractivity contribution in [3.05, 3.63) is 12.2 Å². The molecule has 2 nitrogen and oxygen atoms in total. The molecule has 12 heavy (non-hydrogen) atoms. The molecule has 0 aliphatic heterocycles. The first-order valence-corrected chi connectivity index (χ1v) is 4.59. The fraction of sp³-hybridized carbons (Fsp3) is 0.800. The zero-order valence-corrected chi connectivity index (χ0v) is 8.03. The number of hydrogen-bond donors (Lipinski definition) is 2. The van der Waals surface area contributed by atoms with Gasteiger partial charge in [0.05, 0.1) is 0 Å². The highest BCUT2D eigenvalue weighted by atomic mass is 16.3. The molecule has 0 saturated heterocycles. The lowest BCUT2D eigenvalue weighted by atomic mass is 10.0. The summed E-state index contributed by atoms with van der Waals surface area (Å²) in [6.45, 7) is 4.59. The number of rotatable bonds is 6. The van der Waals surface area contributed by atoms with Crippen LogP contribution in [0, 0.1) is 11.8 Å². The Balaban J connectivity index is 3.46. The van der Waals surface area contributed by atoms with E-state index in [2.05, 4.69) is 19.1 Å². The second-order valence-corrected chi connectivity index (χ2v) is 3.44. The van der Waals surface area contributed by atoms with Crippen LogP contribution in [0.5, 0.6) is 0 Å². The molecular weight excluding hydrogens is 152 g/mol. The molecule has 0 bridgehead atoms. The third-order valence-corrected chi connectivity index (χ3v) is 1.90. The molecule has 0 heterocycles. The van der Waals surface area contributed by atoms with Gasteiger partial charge in [0.1, 0.15) is 0 Å². The maximum Gasteiger partial charge on any atom is 0.0459 e. The monoisotopic (exact) mass is 172 g/mol. The van der Waals surface area contributed by atoms with Crippen LogP contribution in [0.1, 0.15) is 26.7 Å². The van der Waals surface area contributed by atoms with E-state index in [0.717, 1.165) is 12.8 Å². The van der Waals surface area contributed by atoms with Gasteiger partial charge in [-0.25, -0.2) is 0 Å². The van der Waals surface area contributed by atoms with Crippen LogP contribution >= 0.6 is 0 Å². The lowest BCUT2D eigenvalue weighted by Crippen LogP contribution is -1.99. The lowest BCUT2D eigenvalue weighted by molar-refractivity contribution is 0.238. The molecule has 2 unspecified atom stereocenters. The summed E-state index contributed by atoms with van der Waals surface area (Å²) in [6.07, 6.45) is 5.93. The fourth-order valence-corrected chi connectivity index (χ4v) is 0.918. The van der Waals surface area contributed by atoms with Crippen LogP contribution < -0.4 is 0 Å². The van der Waals surface area contributed by atoms with Gasteiger partial charge >= 0.3 is 0 Å². The van der Waals surface area contributed by atoms with Gasteiger partial charge in [0, 0.05) is 13.2 Å². The van der Waals surface area contributed by atoms with Gasteiger partial charge in [0.15, 0.2) is 0 Å². The van der Waals surface area contributed by atoms with Gasteiger partial charge in [-0.15, -0.1) is 0 Å². The average molecular weight is 172 g/mol. The van der Waals surface area contributed by atoms with Crippen molar-refractivity contribution in [2.75, 3.05) is 13.2 Å². The highest BCUT2D eigenvalue weighted by Crippen LogP contribution is 2.06. The zero-order valence-electron chi connectivity index (χ0n) is 8.03. The number of allylic oxidation sites excluding steroid dienone is 2. The third kappa shape index (κ3) is 6.38. The Labute approximate surface area is 74.9 Å². The molecule has 72 valence electrons. The summed E-state index contributed by atoms with van der Waals surface area (Å²) in [5.74, 6) is 0.795. The first kappa shape index (κ1) is 11.7. The van der Waals surface area contributed by atoms with Crippen molar-refractivity contribution in [3.8, 4) is 0 Å². The van der Waals surface area contributed by atoms with E-state index >= 15 is 0 Å². The van der Waals surface area contributed by atoms with E-state index in [1.165, 1.54) is 0 Å². The van der Waals surface area contributed by atoms with E-state index in [1.807, 2.05) is 6.92 Å². The number of hydrogen-bond acceptors (Lipinski definition) is 2. The Bertz CT molecular complexity index is 121. The smallest absolute Gasteiger partial charge is 0.0459 e. The molecule has 0 aromatic rings. The average Bonchev–Trinajstić information content (AvgIpc) is 2.04. The molecule has 0 fully saturated rings. The third-order valence-electron chi connectivity index (χ3n) is 1.90. The minimum atomic E-state index is 0.249. The van der Waals surface area contributed by atoms with Crippen molar-refractivity contribution < 1.29 is 10.2 Å². The van der Waals surface area contributed by atoms with Crippen LogP contribution in [0.2, 0.25) is 0 Å². The van der Waals surface area contributed by atoms with Crippen molar-refractivity contribution in [2.24, 2.45) is 11.8 Å². The van der Waals surface area contributed by atoms with Crippen molar-refractivity contribution >= 4 is 0 Å². The Hall–Kier alpha value is -0.340. The van der Waals surface area contributed by atoms with E-state index in [1.54, 1.807) is 0 Å². The molecule has 0 aromatic carbocycles. The van der Waals surface area contributed by atoms with Crippen LogP contribution in [-0.2, 0) is 0 Å². The van der Waals surface area contributed by atoms with E-state index in [0.29, 0.717) is 11.8 Å². The largest absolute Gasteiger partial charge is 0.396 e. The first-order chi connectivity index (χ1) is 5.70. The molecule has 0 radical (unpaired) electrons. The van der Waals surface area contributed by atoms with Crippen LogP contribution in [0.3, 0.4) is 0 Å². The summed E-state index contributed by atoms with van der Waals surface area (Å²) in [5, 5.41) is 17.3. The van der Waals surface area contributed by atoms with E-state index < -0.39 is 0 Å². The van der Waals surface area contributed by atoms with Gasteiger partial charge in [0.2, 0.25) is 0 Å². The molecule has 0 saturated carbocycles. The number of aliphatic hydroxyl groups is 2. The number of aliphatic hydroxyl groups excluding tert-OH is 2. The summed E-state index contributed by atoms with van der Waals surface area (Å²) in [4.78, 5) is 0. The molecule has 2 heteroatoms. The van der Waals surface area contributed by atoms with Gasteiger partial charge in [-0.2, -0.15) is 0 Å². The molecule has 0 rings (SSSR count). The summed E-state index contributed by atoms with van der Waals surface area (Å²) in [7, 11) is 0. The highest BCUT2D eigenvalue weighted by molar-refractivity contribution is 4.87. The predicted octanol–water partition coefficient (Wildman–Crippen LogP) is 1.58. The van der Waals surface area contributed by atoms with Crippen molar-refractivity contribution in [3.63, 3.8) is 0 Å². The molecule has 0 spiro atoms. The Morgan fingerprint density at radius 1 is 1.25 bits per heavy atom. The molecular formula is C10H20O2. The minimum Gasteiger partial charge on any atom is -0.396 e. The fourth-order valence-electron chi connectivity index (χ4n) is 0.918.